The minimum absolute atomic E-state index is 0.0851. The number of hydrogen-bond acceptors (Lipinski definition) is 6. The first-order valence-corrected chi connectivity index (χ1v) is 12.3. The molecule has 1 amide bonds. The van der Waals surface area contributed by atoms with Crippen LogP contribution in [-0.4, -0.2) is 46.7 Å². The second kappa shape index (κ2) is 9.34. The Morgan fingerprint density at radius 1 is 1.11 bits per heavy atom. The highest BCUT2D eigenvalue weighted by molar-refractivity contribution is 5.85. The lowest BCUT2D eigenvalue weighted by Gasteiger charge is -2.42. The highest BCUT2D eigenvalue weighted by Gasteiger charge is 2.34. The number of pyridine rings is 1. The number of aromatic hydroxyl groups is 1. The van der Waals surface area contributed by atoms with Crippen LogP contribution in [0.4, 0.5) is 0 Å². The standard InChI is InChI=1S/C27H31N3O5/c1-16-20-6-8-23(31)17(2)26(20)35-27(34)21(16)7-9-24(32)28-10-11-29-13-18-12-19(15-29)22-4-3-5-25(33)30(22)14-18/h3-6,8,18-19,31H,7,9-15H2,1-2H3,(H,28,32). The Morgan fingerprint density at radius 3 is 2.77 bits per heavy atom. The van der Waals surface area contributed by atoms with Gasteiger partial charge in [-0.15, -0.1) is 0 Å². The zero-order chi connectivity index (χ0) is 24.7. The number of aryl methyl sites for hydroxylation is 2. The van der Waals surface area contributed by atoms with Crippen molar-refractivity contribution in [2.24, 2.45) is 5.92 Å². The van der Waals surface area contributed by atoms with Crippen LogP contribution in [0.2, 0.25) is 0 Å². The van der Waals surface area contributed by atoms with E-state index in [-0.39, 0.29) is 23.6 Å². The lowest BCUT2D eigenvalue weighted by Crippen LogP contribution is -2.48. The van der Waals surface area contributed by atoms with E-state index < -0.39 is 5.63 Å². The molecule has 184 valence electrons. The number of fused-ring (bicyclic) bond motifs is 5. The Bertz CT molecular complexity index is 1410. The van der Waals surface area contributed by atoms with E-state index in [2.05, 4.69) is 16.3 Å². The zero-order valence-electron chi connectivity index (χ0n) is 20.2. The van der Waals surface area contributed by atoms with Crippen LogP contribution in [0.1, 0.15) is 41.1 Å². The summed E-state index contributed by atoms with van der Waals surface area (Å²) in [6, 6.07) is 8.86. The molecular formula is C27H31N3O5. The highest BCUT2D eigenvalue weighted by Crippen LogP contribution is 2.34. The molecule has 2 bridgehead atoms. The average molecular weight is 478 g/mol. The Labute approximate surface area is 203 Å². The summed E-state index contributed by atoms with van der Waals surface area (Å²) in [5.41, 5.74) is 2.95. The number of nitrogens with zero attached hydrogens (tertiary/aromatic N) is 2. The minimum Gasteiger partial charge on any atom is -0.508 e. The van der Waals surface area contributed by atoms with Gasteiger partial charge in [-0.05, 0) is 56.4 Å². The number of aromatic nitrogens is 1. The van der Waals surface area contributed by atoms with Gasteiger partial charge in [-0.2, -0.15) is 0 Å². The van der Waals surface area contributed by atoms with Crippen molar-refractivity contribution < 1.29 is 14.3 Å². The molecule has 0 radical (unpaired) electrons. The van der Waals surface area contributed by atoms with Crippen LogP contribution >= 0.6 is 0 Å². The van der Waals surface area contributed by atoms with E-state index in [1.165, 1.54) is 0 Å². The van der Waals surface area contributed by atoms with Gasteiger partial charge in [0, 0.05) is 73.3 Å². The highest BCUT2D eigenvalue weighted by atomic mass is 16.4. The minimum atomic E-state index is -0.462. The molecule has 2 atom stereocenters. The number of likely N-dealkylation sites (tertiary alicyclic amines) is 1. The number of piperidine rings is 1. The van der Waals surface area contributed by atoms with Gasteiger partial charge in [0.1, 0.15) is 11.3 Å². The van der Waals surface area contributed by atoms with E-state index >= 15 is 0 Å². The van der Waals surface area contributed by atoms with Crippen LogP contribution in [-0.2, 0) is 17.8 Å². The molecule has 2 aromatic heterocycles. The Kier molecular flexibility index (Phi) is 6.23. The fourth-order valence-corrected chi connectivity index (χ4v) is 5.73. The third kappa shape index (κ3) is 4.50. The summed E-state index contributed by atoms with van der Waals surface area (Å²) in [5, 5.41) is 13.6. The van der Waals surface area contributed by atoms with Gasteiger partial charge >= 0.3 is 5.63 Å². The average Bonchev–Trinajstić information content (AvgIpc) is 2.82. The number of carbonyl (C=O) groups excluding carboxylic acids is 1. The molecular weight excluding hydrogens is 446 g/mol. The van der Waals surface area contributed by atoms with E-state index in [1.807, 2.05) is 17.6 Å². The van der Waals surface area contributed by atoms with Gasteiger partial charge in [0.05, 0.1) is 0 Å². The first-order chi connectivity index (χ1) is 16.8. The summed E-state index contributed by atoms with van der Waals surface area (Å²) < 4.78 is 7.40. The summed E-state index contributed by atoms with van der Waals surface area (Å²) in [6.07, 6.45) is 1.62. The lowest BCUT2D eigenvalue weighted by molar-refractivity contribution is -0.121. The maximum Gasteiger partial charge on any atom is 0.339 e. The van der Waals surface area contributed by atoms with Crippen molar-refractivity contribution in [2.75, 3.05) is 26.2 Å². The molecule has 1 saturated heterocycles. The first kappa shape index (κ1) is 23.4. The Hall–Kier alpha value is -3.39. The van der Waals surface area contributed by atoms with E-state index in [1.54, 1.807) is 25.1 Å². The van der Waals surface area contributed by atoms with E-state index in [0.717, 1.165) is 49.2 Å². The molecule has 8 nitrogen and oxygen atoms in total. The number of rotatable bonds is 6. The van der Waals surface area contributed by atoms with Gasteiger partial charge < -0.3 is 24.3 Å². The quantitative estimate of drug-likeness (QED) is 0.529. The molecule has 1 fully saturated rings. The van der Waals surface area contributed by atoms with Gasteiger partial charge in [-0.1, -0.05) is 6.07 Å². The van der Waals surface area contributed by atoms with Crippen molar-refractivity contribution in [3.05, 3.63) is 73.5 Å². The van der Waals surface area contributed by atoms with Crippen LogP contribution in [0.25, 0.3) is 11.0 Å². The summed E-state index contributed by atoms with van der Waals surface area (Å²) >= 11 is 0. The zero-order valence-corrected chi connectivity index (χ0v) is 20.2. The van der Waals surface area contributed by atoms with Crippen molar-refractivity contribution in [1.29, 1.82) is 0 Å². The van der Waals surface area contributed by atoms with Crippen LogP contribution in [0.5, 0.6) is 5.75 Å². The van der Waals surface area contributed by atoms with Gasteiger partial charge in [0.25, 0.3) is 5.56 Å². The van der Waals surface area contributed by atoms with E-state index in [0.29, 0.717) is 41.5 Å². The molecule has 1 aromatic carbocycles. The predicted octanol–water partition coefficient (Wildman–Crippen LogP) is 2.45. The third-order valence-corrected chi connectivity index (χ3v) is 7.58. The second-order valence-corrected chi connectivity index (χ2v) is 9.89. The number of phenols is 1. The van der Waals surface area contributed by atoms with Crippen molar-refractivity contribution in [3.63, 3.8) is 0 Å². The summed E-state index contributed by atoms with van der Waals surface area (Å²) in [6.45, 7) is 7.45. The molecule has 5 rings (SSSR count). The molecule has 0 saturated carbocycles. The monoisotopic (exact) mass is 477 g/mol. The van der Waals surface area contributed by atoms with Crippen LogP contribution in [0.3, 0.4) is 0 Å². The normalized spacial score (nSPS) is 19.5. The molecule has 0 aliphatic carbocycles. The number of nitrogens with one attached hydrogen (secondary N) is 1. The number of benzene rings is 1. The Morgan fingerprint density at radius 2 is 1.94 bits per heavy atom. The van der Waals surface area contributed by atoms with Crippen molar-refractivity contribution >= 4 is 16.9 Å². The summed E-state index contributed by atoms with van der Waals surface area (Å²) in [7, 11) is 0. The van der Waals surface area contributed by atoms with Crippen molar-refractivity contribution in [2.45, 2.75) is 45.6 Å². The van der Waals surface area contributed by atoms with E-state index in [4.69, 9.17) is 4.42 Å². The predicted molar refractivity (Wildman–Crippen MR) is 133 cm³/mol. The fourth-order valence-electron chi connectivity index (χ4n) is 5.73. The number of amides is 1. The molecule has 3 aromatic rings. The molecule has 8 heteroatoms. The second-order valence-electron chi connectivity index (χ2n) is 9.89. The maximum atomic E-state index is 12.5. The van der Waals surface area contributed by atoms with Gasteiger partial charge in [0.2, 0.25) is 5.91 Å². The Balaban J connectivity index is 1.16. The summed E-state index contributed by atoms with van der Waals surface area (Å²) in [5.74, 6) is 0.799. The van der Waals surface area contributed by atoms with Gasteiger partial charge in [-0.3, -0.25) is 9.59 Å². The third-order valence-electron chi connectivity index (χ3n) is 7.58. The number of phenolic OH excluding ortho intramolecular Hbond substituents is 1. The first-order valence-electron chi connectivity index (χ1n) is 12.3. The van der Waals surface area contributed by atoms with Gasteiger partial charge in [-0.25, -0.2) is 4.79 Å². The molecule has 2 aliphatic rings. The number of carbonyl (C=O) groups is 1. The number of hydrogen-bond donors (Lipinski definition) is 2. The molecule has 4 heterocycles. The van der Waals surface area contributed by atoms with Crippen LogP contribution < -0.4 is 16.5 Å². The largest absolute Gasteiger partial charge is 0.508 e. The smallest absolute Gasteiger partial charge is 0.339 e. The maximum absolute atomic E-state index is 12.5. The molecule has 2 N–H and O–H groups in total. The van der Waals surface area contributed by atoms with Crippen molar-refractivity contribution in [1.82, 2.24) is 14.8 Å². The van der Waals surface area contributed by atoms with Crippen molar-refractivity contribution in [3.8, 4) is 5.75 Å². The molecule has 2 aliphatic heterocycles. The molecule has 0 spiro atoms. The lowest BCUT2D eigenvalue weighted by atomic mass is 9.83. The van der Waals surface area contributed by atoms with Crippen LogP contribution in [0, 0.1) is 19.8 Å². The van der Waals surface area contributed by atoms with Gasteiger partial charge in [0.15, 0.2) is 0 Å². The topological polar surface area (TPSA) is 105 Å². The van der Waals surface area contributed by atoms with Crippen LogP contribution in [0.15, 0.2) is 44.3 Å². The molecule has 35 heavy (non-hydrogen) atoms. The fraction of sp³-hybridized carbons (Fsp3) is 0.444. The molecule has 2 unspecified atom stereocenters. The summed E-state index contributed by atoms with van der Waals surface area (Å²) in [4.78, 5) is 39.6. The SMILES string of the molecule is Cc1c(CCC(=O)NCCN2CC3CC(C2)c2cccc(=O)n2C3)c(=O)oc2c(C)c(O)ccc12. The van der Waals surface area contributed by atoms with E-state index in [9.17, 15) is 19.5 Å².